The van der Waals surface area contributed by atoms with E-state index in [0.717, 1.165) is 5.56 Å². The van der Waals surface area contributed by atoms with E-state index < -0.39 is 5.91 Å². The Balaban J connectivity index is 1.76. The first-order chi connectivity index (χ1) is 16.0. The number of carbonyl (C=O) groups excluding carboxylic acids is 1. The van der Waals surface area contributed by atoms with Gasteiger partial charge in [-0.15, -0.1) is 0 Å². The Morgan fingerprint density at radius 2 is 1.76 bits per heavy atom. The number of methoxy groups -OCH3 is 1. The highest BCUT2D eigenvalue weighted by Gasteiger charge is 2.16. The number of nitrogens with one attached hydrogen (secondary N) is 1. The lowest BCUT2D eigenvalue weighted by atomic mass is 10.0. The summed E-state index contributed by atoms with van der Waals surface area (Å²) in [5.41, 5.74) is 5.81. The smallest absolute Gasteiger partial charge is 0.272 e. The molecule has 0 spiro atoms. The first-order valence-corrected chi connectivity index (χ1v) is 10.4. The second-order valence-electron chi connectivity index (χ2n) is 7.33. The largest absolute Gasteiger partial charge is 0.508 e. The lowest BCUT2D eigenvalue weighted by molar-refractivity contribution is 0.0956. The van der Waals surface area contributed by atoms with Crippen LogP contribution in [0.5, 0.6) is 17.2 Å². The third-order valence-corrected chi connectivity index (χ3v) is 5.26. The minimum atomic E-state index is -0.421. The summed E-state index contributed by atoms with van der Waals surface area (Å²) in [4.78, 5) is 17.9. The molecule has 1 heterocycles. The van der Waals surface area contributed by atoms with Gasteiger partial charge in [0.1, 0.15) is 17.2 Å². The van der Waals surface area contributed by atoms with Crippen LogP contribution < -0.4 is 10.2 Å². The van der Waals surface area contributed by atoms with Crippen molar-refractivity contribution in [2.24, 2.45) is 5.10 Å². The molecule has 3 N–H and O–H groups in total. The third kappa shape index (κ3) is 4.48. The molecule has 0 radical (unpaired) electrons. The summed E-state index contributed by atoms with van der Waals surface area (Å²) in [5.74, 6) is 0.194. The van der Waals surface area contributed by atoms with E-state index in [1.807, 2.05) is 55.5 Å². The maximum Gasteiger partial charge on any atom is 0.272 e. The number of amides is 1. The van der Waals surface area contributed by atoms with Gasteiger partial charge < -0.3 is 14.9 Å². The second-order valence-corrected chi connectivity index (χ2v) is 7.33. The van der Waals surface area contributed by atoms with Gasteiger partial charge in [-0.25, -0.2) is 10.4 Å². The molecule has 0 saturated carbocycles. The van der Waals surface area contributed by atoms with E-state index >= 15 is 0 Å². The van der Waals surface area contributed by atoms with Crippen LogP contribution >= 0.6 is 0 Å². The quantitative estimate of drug-likeness (QED) is 0.225. The maximum atomic E-state index is 13.2. The number of aromatic nitrogens is 1. The normalized spacial score (nSPS) is 11.4. The van der Waals surface area contributed by atoms with Crippen molar-refractivity contribution in [2.75, 3.05) is 7.11 Å². The van der Waals surface area contributed by atoms with E-state index in [4.69, 9.17) is 9.72 Å². The number of para-hydroxylation sites is 2. The second kappa shape index (κ2) is 9.40. The fourth-order valence-electron chi connectivity index (χ4n) is 3.62. The number of aromatic hydroxyl groups is 2. The molecule has 0 atom stereocenters. The number of hydrogen-bond donors (Lipinski definition) is 3. The molecule has 166 valence electrons. The van der Waals surface area contributed by atoms with Gasteiger partial charge >= 0.3 is 0 Å². The number of ether oxygens (including phenoxy) is 1. The molecule has 4 rings (SSSR count). The predicted octanol–water partition coefficient (Wildman–Crippen LogP) is 4.87. The lowest BCUT2D eigenvalue weighted by Crippen LogP contribution is -2.20. The average molecular weight is 441 g/mol. The van der Waals surface area contributed by atoms with Gasteiger partial charge in [0.15, 0.2) is 0 Å². The van der Waals surface area contributed by atoms with Crippen molar-refractivity contribution in [3.8, 4) is 28.5 Å². The van der Waals surface area contributed by atoms with Crippen LogP contribution in [0.2, 0.25) is 0 Å². The van der Waals surface area contributed by atoms with Gasteiger partial charge in [-0.1, -0.05) is 37.3 Å². The van der Waals surface area contributed by atoms with E-state index in [9.17, 15) is 15.0 Å². The SMILES string of the molecule is CCC(=NNC(=O)c1cc(-c2ccccc2OC)nc2ccccc12)c1cc(O)ccc1O. The molecule has 4 aromatic rings. The number of hydrazone groups is 1. The zero-order chi connectivity index (χ0) is 23.4. The van der Waals surface area contributed by atoms with Crippen molar-refractivity contribution in [3.63, 3.8) is 0 Å². The third-order valence-electron chi connectivity index (χ3n) is 5.26. The van der Waals surface area contributed by atoms with Gasteiger partial charge in [0.05, 0.1) is 29.6 Å². The van der Waals surface area contributed by atoms with Crippen LogP contribution in [0, 0.1) is 0 Å². The molecule has 0 bridgehead atoms. The van der Waals surface area contributed by atoms with Crippen LogP contribution in [0.4, 0.5) is 0 Å². The van der Waals surface area contributed by atoms with Crippen LogP contribution in [0.25, 0.3) is 22.2 Å². The summed E-state index contributed by atoms with van der Waals surface area (Å²) in [6.45, 7) is 1.84. The first kappa shape index (κ1) is 21.8. The molecule has 7 nitrogen and oxygen atoms in total. The van der Waals surface area contributed by atoms with Crippen LogP contribution in [-0.4, -0.2) is 33.9 Å². The fraction of sp³-hybridized carbons (Fsp3) is 0.115. The molecule has 3 aromatic carbocycles. The topological polar surface area (TPSA) is 104 Å². The van der Waals surface area contributed by atoms with Crippen molar-refractivity contribution < 1.29 is 19.7 Å². The van der Waals surface area contributed by atoms with Crippen molar-refractivity contribution in [3.05, 3.63) is 83.9 Å². The highest BCUT2D eigenvalue weighted by molar-refractivity contribution is 6.09. The first-order valence-electron chi connectivity index (χ1n) is 10.4. The Morgan fingerprint density at radius 3 is 2.55 bits per heavy atom. The molecule has 0 aliphatic rings. The number of phenols is 2. The predicted molar refractivity (Wildman–Crippen MR) is 128 cm³/mol. The number of nitrogens with zero attached hydrogens (tertiary/aromatic N) is 2. The van der Waals surface area contributed by atoms with Gasteiger partial charge in [0.25, 0.3) is 5.91 Å². The fourth-order valence-corrected chi connectivity index (χ4v) is 3.62. The van der Waals surface area contributed by atoms with Gasteiger partial charge in [-0.05, 0) is 48.9 Å². The van der Waals surface area contributed by atoms with E-state index in [-0.39, 0.29) is 11.5 Å². The highest BCUT2D eigenvalue weighted by Crippen LogP contribution is 2.31. The Bertz CT molecular complexity index is 1370. The number of phenolic OH excluding ortho intramolecular Hbond substituents is 2. The van der Waals surface area contributed by atoms with Crippen LogP contribution in [-0.2, 0) is 0 Å². The van der Waals surface area contributed by atoms with Crippen molar-refractivity contribution in [2.45, 2.75) is 13.3 Å². The molecular weight excluding hydrogens is 418 g/mol. The summed E-state index contributed by atoms with van der Waals surface area (Å²) < 4.78 is 5.47. The summed E-state index contributed by atoms with van der Waals surface area (Å²) >= 11 is 0. The Labute approximate surface area is 191 Å². The zero-order valence-electron chi connectivity index (χ0n) is 18.2. The molecule has 0 saturated heterocycles. The number of pyridine rings is 1. The Kier molecular flexibility index (Phi) is 6.22. The number of rotatable bonds is 6. The average Bonchev–Trinajstić information content (AvgIpc) is 2.85. The Hall–Kier alpha value is -4.39. The van der Waals surface area contributed by atoms with Crippen molar-refractivity contribution in [1.29, 1.82) is 0 Å². The van der Waals surface area contributed by atoms with Crippen LogP contribution in [0.3, 0.4) is 0 Å². The minimum absolute atomic E-state index is 0.00291. The number of carbonyl (C=O) groups is 1. The van der Waals surface area contributed by atoms with Gasteiger partial charge in [0.2, 0.25) is 0 Å². The van der Waals surface area contributed by atoms with E-state index in [2.05, 4.69) is 10.5 Å². The van der Waals surface area contributed by atoms with Gasteiger partial charge in [0, 0.05) is 16.5 Å². The van der Waals surface area contributed by atoms with Crippen LogP contribution in [0.1, 0.15) is 29.3 Å². The van der Waals surface area contributed by atoms with Gasteiger partial charge in [-0.2, -0.15) is 5.10 Å². The minimum Gasteiger partial charge on any atom is -0.508 e. The van der Waals surface area contributed by atoms with Crippen molar-refractivity contribution in [1.82, 2.24) is 10.4 Å². The highest BCUT2D eigenvalue weighted by atomic mass is 16.5. The summed E-state index contributed by atoms with van der Waals surface area (Å²) in [7, 11) is 1.59. The molecular formula is C26H23N3O4. The van der Waals surface area contributed by atoms with Crippen LogP contribution in [0.15, 0.2) is 77.9 Å². The molecule has 1 aromatic heterocycles. The molecule has 0 fully saturated rings. The summed E-state index contributed by atoms with van der Waals surface area (Å²) in [6.07, 6.45) is 0.431. The lowest BCUT2D eigenvalue weighted by Gasteiger charge is -2.12. The van der Waals surface area contributed by atoms with E-state index in [1.165, 1.54) is 18.2 Å². The summed E-state index contributed by atoms with van der Waals surface area (Å²) in [6, 6.07) is 20.7. The Morgan fingerprint density at radius 1 is 1.00 bits per heavy atom. The summed E-state index contributed by atoms with van der Waals surface area (Å²) in [5, 5.41) is 24.8. The maximum absolute atomic E-state index is 13.2. The van der Waals surface area contributed by atoms with E-state index in [0.29, 0.717) is 45.6 Å². The molecule has 0 unspecified atom stereocenters. The van der Waals surface area contributed by atoms with Gasteiger partial charge in [-0.3, -0.25) is 4.79 Å². The zero-order valence-corrected chi connectivity index (χ0v) is 18.2. The number of benzene rings is 3. The molecule has 7 heteroatoms. The van der Waals surface area contributed by atoms with E-state index in [1.54, 1.807) is 13.2 Å². The number of fused-ring (bicyclic) bond motifs is 1. The number of hydrogen-bond acceptors (Lipinski definition) is 6. The van der Waals surface area contributed by atoms with Crippen molar-refractivity contribution >= 4 is 22.5 Å². The molecule has 0 aliphatic heterocycles. The molecule has 33 heavy (non-hydrogen) atoms. The standard InChI is InChI=1S/C26H23N3O4/c1-3-21(20-14-16(30)12-13-24(20)31)28-29-26(32)19-15-23(18-9-5-7-11-25(18)33-2)27-22-10-6-4-8-17(19)22/h4-15,30-31H,3H2,1-2H3,(H,29,32). The molecule has 0 aliphatic carbocycles. The molecule has 1 amide bonds. The monoisotopic (exact) mass is 441 g/mol.